The summed E-state index contributed by atoms with van der Waals surface area (Å²) in [7, 11) is 0. The van der Waals surface area contributed by atoms with Crippen LogP contribution in [0.25, 0.3) is 10.8 Å². The number of fused-ring (bicyclic) bond motifs is 2. The Balaban J connectivity index is 2.00. The Labute approximate surface area is 159 Å². The Morgan fingerprint density at radius 1 is 1.08 bits per heavy atom. The first kappa shape index (κ1) is 17.2. The van der Waals surface area contributed by atoms with Crippen molar-refractivity contribution in [2.24, 2.45) is 0 Å². The predicted octanol–water partition coefficient (Wildman–Crippen LogP) is 4.73. The molecular formula is C21H17BrFNO2. The van der Waals surface area contributed by atoms with E-state index in [4.69, 9.17) is 0 Å². The van der Waals surface area contributed by atoms with Crippen molar-refractivity contribution in [3.05, 3.63) is 76.0 Å². The normalized spacial score (nSPS) is 19.2. The molecule has 3 aromatic carbocycles. The fourth-order valence-corrected chi connectivity index (χ4v) is 4.01. The third-order valence-corrected chi connectivity index (χ3v) is 5.36. The zero-order chi connectivity index (χ0) is 18.5. The molecule has 1 aliphatic rings. The molecule has 0 saturated carbocycles. The van der Waals surface area contributed by atoms with Crippen LogP contribution in [0, 0.1) is 5.82 Å². The number of carbonyl (C=O) groups excluding carboxylic acids is 1. The number of halogens is 2. The molecule has 1 N–H and O–H groups in total. The van der Waals surface area contributed by atoms with Crippen LogP contribution >= 0.6 is 15.9 Å². The van der Waals surface area contributed by atoms with Crippen LogP contribution in [-0.2, 0) is 10.4 Å². The summed E-state index contributed by atoms with van der Waals surface area (Å²) in [6.07, 6.45) is 0.734. The van der Waals surface area contributed by atoms with Crippen molar-refractivity contribution in [1.82, 2.24) is 0 Å². The lowest BCUT2D eigenvalue weighted by molar-refractivity contribution is -0.132. The lowest BCUT2D eigenvalue weighted by Gasteiger charge is -2.24. The number of anilines is 1. The van der Waals surface area contributed by atoms with E-state index in [9.17, 15) is 14.3 Å². The van der Waals surface area contributed by atoms with Gasteiger partial charge in [-0.3, -0.25) is 4.79 Å². The third kappa shape index (κ3) is 2.38. The van der Waals surface area contributed by atoms with E-state index in [0.717, 1.165) is 21.7 Å². The van der Waals surface area contributed by atoms with Gasteiger partial charge in [-0.15, -0.1) is 0 Å². The number of carbonyl (C=O) groups is 1. The summed E-state index contributed by atoms with van der Waals surface area (Å²) in [5, 5.41) is 13.0. The second-order valence-corrected chi connectivity index (χ2v) is 7.42. The Bertz CT molecular complexity index is 1040. The maximum atomic E-state index is 15.0. The van der Waals surface area contributed by atoms with Crippen molar-refractivity contribution in [3.8, 4) is 0 Å². The molecule has 0 spiro atoms. The van der Waals surface area contributed by atoms with E-state index in [1.54, 1.807) is 24.3 Å². The lowest BCUT2D eigenvalue weighted by Crippen LogP contribution is -2.42. The van der Waals surface area contributed by atoms with E-state index in [-0.39, 0.29) is 5.56 Å². The number of hydrogen-bond donors (Lipinski definition) is 1. The second kappa shape index (κ2) is 6.18. The molecule has 0 aromatic heterocycles. The molecule has 0 aliphatic carbocycles. The van der Waals surface area contributed by atoms with Gasteiger partial charge >= 0.3 is 0 Å². The molecule has 5 heteroatoms. The highest BCUT2D eigenvalue weighted by Crippen LogP contribution is 2.46. The largest absolute Gasteiger partial charge is 0.372 e. The molecule has 0 bridgehead atoms. The second-order valence-electron chi connectivity index (χ2n) is 6.51. The van der Waals surface area contributed by atoms with Crippen LogP contribution in [0.5, 0.6) is 0 Å². The standard InChI is InChI=1S/C21H17BrFNO2/c1-2-9-24-19-8-7-15(22)12-17(19)21(26,20(24)25)16-10-13-5-3-4-6-14(13)11-18(16)23/h3-8,10-12,26H,2,9H2,1H3. The molecule has 26 heavy (non-hydrogen) atoms. The highest BCUT2D eigenvalue weighted by molar-refractivity contribution is 9.10. The average Bonchev–Trinajstić information content (AvgIpc) is 2.84. The molecule has 1 unspecified atom stereocenters. The van der Waals surface area contributed by atoms with E-state index >= 15 is 0 Å². The lowest BCUT2D eigenvalue weighted by atomic mass is 9.86. The van der Waals surface area contributed by atoms with Gasteiger partial charge in [0.25, 0.3) is 5.91 Å². The summed E-state index contributed by atoms with van der Waals surface area (Å²) in [4.78, 5) is 14.7. The summed E-state index contributed by atoms with van der Waals surface area (Å²) in [5.41, 5.74) is -1.03. The minimum Gasteiger partial charge on any atom is -0.372 e. The van der Waals surface area contributed by atoms with Crippen molar-refractivity contribution in [3.63, 3.8) is 0 Å². The minimum atomic E-state index is -2.04. The van der Waals surface area contributed by atoms with Crippen molar-refractivity contribution >= 4 is 38.3 Å². The summed E-state index contributed by atoms with van der Waals surface area (Å²) in [6.45, 7) is 2.42. The SMILES string of the molecule is CCCN1C(=O)C(O)(c2cc3ccccc3cc2F)c2cc(Br)ccc21. The molecule has 0 fully saturated rings. The smallest absolute Gasteiger partial charge is 0.268 e. The number of rotatable bonds is 3. The first-order valence-corrected chi connectivity index (χ1v) is 9.29. The number of hydrogen-bond acceptors (Lipinski definition) is 2. The molecule has 4 rings (SSSR count). The Hall–Kier alpha value is -2.24. The summed E-state index contributed by atoms with van der Waals surface area (Å²) >= 11 is 3.39. The Kier molecular flexibility index (Phi) is 4.09. The zero-order valence-electron chi connectivity index (χ0n) is 14.2. The Morgan fingerprint density at radius 2 is 1.77 bits per heavy atom. The van der Waals surface area contributed by atoms with Gasteiger partial charge in [0.15, 0.2) is 5.60 Å². The monoisotopic (exact) mass is 413 g/mol. The quantitative estimate of drug-likeness (QED) is 0.673. The van der Waals surface area contributed by atoms with Crippen molar-refractivity contribution < 1.29 is 14.3 Å². The fraction of sp³-hybridized carbons (Fsp3) is 0.190. The van der Waals surface area contributed by atoms with Gasteiger partial charge in [-0.1, -0.05) is 47.1 Å². The zero-order valence-corrected chi connectivity index (χ0v) is 15.8. The van der Waals surface area contributed by atoms with E-state index in [2.05, 4.69) is 15.9 Å². The maximum absolute atomic E-state index is 15.0. The van der Waals surface area contributed by atoms with Gasteiger partial charge in [0.1, 0.15) is 5.82 Å². The van der Waals surface area contributed by atoms with Crippen LogP contribution in [0.15, 0.2) is 59.1 Å². The first-order chi connectivity index (χ1) is 12.5. The summed E-state index contributed by atoms with van der Waals surface area (Å²) in [6, 6.07) is 15.5. The van der Waals surface area contributed by atoms with E-state index < -0.39 is 17.3 Å². The van der Waals surface area contributed by atoms with Crippen molar-refractivity contribution in [2.45, 2.75) is 18.9 Å². The van der Waals surface area contributed by atoms with Gasteiger partial charge in [0.05, 0.1) is 5.69 Å². The number of aliphatic hydroxyl groups is 1. The molecule has 0 saturated heterocycles. The van der Waals surface area contributed by atoms with E-state index in [1.165, 1.54) is 11.0 Å². The van der Waals surface area contributed by atoms with Gasteiger partial charge < -0.3 is 10.0 Å². The molecule has 1 heterocycles. The van der Waals surface area contributed by atoms with Gasteiger partial charge in [-0.25, -0.2) is 4.39 Å². The van der Waals surface area contributed by atoms with Crippen molar-refractivity contribution in [1.29, 1.82) is 0 Å². The van der Waals surface area contributed by atoms with Crippen LogP contribution in [0.2, 0.25) is 0 Å². The average molecular weight is 414 g/mol. The van der Waals surface area contributed by atoms with E-state index in [1.807, 2.05) is 31.2 Å². The predicted molar refractivity (Wildman–Crippen MR) is 104 cm³/mol. The number of nitrogens with zero attached hydrogens (tertiary/aromatic N) is 1. The third-order valence-electron chi connectivity index (χ3n) is 4.87. The summed E-state index contributed by atoms with van der Waals surface area (Å²) in [5.74, 6) is -1.11. The highest BCUT2D eigenvalue weighted by atomic mass is 79.9. The van der Waals surface area contributed by atoms with Crippen LogP contribution < -0.4 is 4.90 Å². The molecule has 1 aliphatic heterocycles. The molecule has 0 radical (unpaired) electrons. The van der Waals surface area contributed by atoms with Crippen LogP contribution in [0.1, 0.15) is 24.5 Å². The first-order valence-electron chi connectivity index (χ1n) is 8.50. The molecule has 1 atom stereocenters. The minimum absolute atomic E-state index is 0.0147. The maximum Gasteiger partial charge on any atom is 0.268 e. The molecule has 132 valence electrons. The fourth-order valence-electron chi connectivity index (χ4n) is 3.65. The number of amides is 1. The van der Waals surface area contributed by atoms with Gasteiger partial charge in [-0.05, 0) is 47.5 Å². The molecule has 3 aromatic rings. The molecule has 1 amide bonds. The number of benzene rings is 3. The Morgan fingerprint density at radius 3 is 2.46 bits per heavy atom. The van der Waals surface area contributed by atoms with Crippen LogP contribution in [0.4, 0.5) is 10.1 Å². The van der Waals surface area contributed by atoms with E-state index in [0.29, 0.717) is 17.8 Å². The van der Waals surface area contributed by atoms with Crippen LogP contribution in [-0.4, -0.2) is 17.6 Å². The summed E-state index contributed by atoms with van der Waals surface area (Å²) < 4.78 is 15.7. The van der Waals surface area contributed by atoms with Crippen molar-refractivity contribution in [2.75, 3.05) is 11.4 Å². The van der Waals surface area contributed by atoms with Gasteiger partial charge in [-0.2, -0.15) is 0 Å². The molecule has 3 nitrogen and oxygen atoms in total. The molecular weight excluding hydrogens is 397 g/mol. The van der Waals surface area contributed by atoms with Crippen LogP contribution in [0.3, 0.4) is 0 Å². The van der Waals surface area contributed by atoms with Gasteiger partial charge in [0, 0.05) is 22.1 Å². The van der Waals surface area contributed by atoms with Gasteiger partial charge in [0.2, 0.25) is 0 Å². The topological polar surface area (TPSA) is 40.5 Å². The highest BCUT2D eigenvalue weighted by Gasteiger charge is 2.52.